The zero-order valence-electron chi connectivity index (χ0n) is 12.8. The second-order valence-corrected chi connectivity index (χ2v) is 5.51. The van der Waals surface area contributed by atoms with Crippen molar-refractivity contribution in [2.24, 2.45) is 0 Å². The van der Waals surface area contributed by atoms with Crippen molar-refractivity contribution in [3.05, 3.63) is 66.0 Å². The van der Waals surface area contributed by atoms with Gasteiger partial charge in [-0.05, 0) is 35.7 Å². The Hall–Kier alpha value is -2.62. The van der Waals surface area contributed by atoms with Gasteiger partial charge in [-0.25, -0.2) is 0 Å². The van der Waals surface area contributed by atoms with Gasteiger partial charge >= 0.3 is 0 Å². The lowest BCUT2D eigenvalue weighted by molar-refractivity contribution is 0.423. The normalized spacial score (nSPS) is 10.9. The van der Waals surface area contributed by atoms with Crippen LogP contribution in [0.4, 0.5) is 5.69 Å². The molecule has 1 aromatic heterocycles. The van der Waals surface area contributed by atoms with E-state index in [4.69, 9.17) is 4.52 Å². The number of benzene rings is 2. The van der Waals surface area contributed by atoms with E-state index in [1.807, 2.05) is 30.3 Å². The molecule has 22 heavy (non-hydrogen) atoms. The predicted octanol–water partition coefficient (Wildman–Crippen LogP) is 4.47. The molecule has 0 saturated heterocycles. The fourth-order valence-electron chi connectivity index (χ4n) is 2.19. The van der Waals surface area contributed by atoms with Crippen LogP contribution < -0.4 is 5.32 Å². The van der Waals surface area contributed by atoms with Gasteiger partial charge in [-0.3, -0.25) is 0 Å². The minimum absolute atomic E-state index is 0.539. The maximum absolute atomic E-state index is 5.29. The largest absolute Gasteiger partial charge is 0.378 e. The second kappa shape index (κ2) is 6.43. The summed E-state index contributed by atoms with van der Waals surface area (Å²) in [7, 11) is 0. The van der Waals surface area contributed by atoms with Crippen molar-refractivity contribution >= 4 is 5.69 Å². The summed E-state index contributed by atoms with van der Waals surface area (Å²) in [6.07, 6.45) is 0. The molecule has 0 spiro atoms. The molecular formula is C18H19N3O. The Kier molecular flexibility index (Phi) is 4.19. The van der Waals surface area contributed by atoms with Gasteiger partial charge in [-0.2, -0.15) is 4.98 Å². The molecule has 2 aromatic carbocycles. The third-order valence-electron chi connectivity index (χ3n) is 3.52. The molecule has 0 atom stereocenters. The molecule has 0 amide bonds. The summed E-state index contributed by atoms with van der Waals surface area (Å²) in [4.78, 5) is 4.40. The first-order valence-corrected chi connectivity index (χ1v) is 7.44. The number of hydrogen-bond donors (Lipinski definition) is 1. The smallest absolute Gasteiger partial charge is 0.257 e. The highest BCUT2D eigenvalue weighted by Crippen LogP contribution is 2.19. The Labute approximate surface area is 130 Å². The molecule has 3 rings (SSSR count). The van der Waals surface area contributed by atoms with Crippen molar-refractivity contribution in [3.63, 3.8) is 0 Å². The third kappa shape index (κ3) is 3.34. The van der Waals surface area contributed by atoms with E-state index in [0.717, 1.165) is 11.3 Å². The average molecular weight is 293 g/mol. The van der Waals surface area contributed by atoms with Crippen LogP contribution in [0.25, 0.3) is 11.5 Å². The van der Waals surface area contributed by atoms with Crippen LogP contribution in [0.3, 0.4) is 0 Å². The number of nitrogens with zero attached hydrogens (tertiary/aromatic N) is 2. The van der Waals surface area contributed by atoms with Gasteiger partial charge in [0.15, 0.2) is 5.82 Å². The van der Waals surface area contributed by atoms with Gasteiger partial charge in [0, 0.05) is 11.3 Å². The van der Waals surface area contributed by atoms with Gasteiger partial charge in [0.1, 0.15) is 0 Å². The van der Waals surface area contributed by atoms with Crippen LogP contribution in [-0.2, 0) is 6.54 Å². The zero-order chi connectivity index (χ0) is 15.4. The number of aromatic nitrogens is 2. The van der Waals surface area contributed by atoms with Gasteiger partial charge in [0.05, 0.1) is 6.54 Å². The van der Waals surface area contributed by atoms with E-state index in [0.29, 0.717) is 24.2 Å². The maximum atomic E-state index is 5.29. The van der Waals surface area contributed by atoms with Crippen LogP contribution in [-0.4, -0.2) is 10.1 Å². The van der Waals surface area contributed by atoms with E-state index in [-0.39, 0.29) is 0 Å². The zero-order valence-corrected chi connectivity index (χ0v) is 12.8. The Morgan fingerprint density at radius 1 is 1.00 bits per heavy atom. The molecule has 1 heterocycles. The van der Waals surface area contributed by atoms with Gasteiger partial charge in [0.25, 0.3) is 5.89 Å². The van der Waals surface area contributed by atoms with Crippen LogP contribution in [0, 0.1) is 0 Å². The highest BCUT2D eigenvalue weighted by atomic mass is 16.5. The van der Waals surface area contributed by atoms with Gasteiger partial charge in [0.2, 0.25) is 0 Å². The Bertz CT molecular complexity index is 718. The minimum Gasteiger partial charge on any atom is -0.378 e. The second-order valence-electron chi connectivity index (χ2n) is 5.51. The van der Waals surface area contributed by atoms with Crippen molar-refractivity contribution in [2.75, 3.05) is 5.32 Å². The first-order valence-electron chi connectivity index (χ1n) is 7.44. The Balaban J connectivity index is 1.63. The highest BCUT2D eigenvalue weighted by molar-refractivity contribution is 5.52. The monoisotopic (exact) mass is 293 g/mol. The molecule has 3 aromatic rings. The van der Waals surface area contributed by atoms with E-state index >= 15 is 0 Å². The molecule has 0 radical (unpaired) electrons. The first kappa shape index (κ1) is 14.3. The SMILES string of the molecule is CC(C)c1ccc(NCc2noc(-c3ccccc3)n2)cc1. The van der Waals surface area contributed by atoms with Crippen LogP contribution in [0.1, 0.15) is 31.2 Å². The van der Waals surface area contributed by atoms with Crippen molar-refractivity contribution in [1.29, 1.82) is 0 Å². The number of rotatable bonds is 5. The van der Waals surface area contributed by atoms with Crippen molar-refractivity contribution in [2.45, 2.75) is 26.3 Å². The number of hydrogen-bond acceptors (Lipinski definition) is 4. The quantitative estimate of drug-likeness (QED) is 0.754. The molecule has 0 fully saturated rings. The first-order chi connectivity index (χ1) is 10.7. The molecular weight excluding hydrogens is 274 g/mol. The third-order valence-corrected chi connectivity index (χ3v) is 3.52. The lowest BCUT2D eigenvalue weighted by atomic mass is 10.0. The maximum Gasteiger partial charge on any atom is 0.257 e. The van der Waals surface area contributed by atoms with E-state index < -0.39 is 0 Å². The molecule has 1 N–H and O–H groups in total. The van der Waals surface area contributed by atoms with E-state index in [1.54, 1.807) is 0 Å². The van der Waals surface area contributed by atoms with Gasteiger partial charge in [-0.1, -0.05) is 49.3 Å². The number of nitrogens with one attached hydrogen (secondary N) is 1. The van der Waals surface area contributed by atoms with Crippen molar-refractivity contribution in [3.8, 4) is 11.5 Å². The Morgan fingerprint density at radius 3 is 2.41 bits per heavy atom. The lowest BCUT2D eigenvalue weighted by Crippen LogP contribution is -2.01. The summed E-state index contributed by atoms with van der Waals surface area (Å²) in [5, 5.41) is 7.31. The molecule has 4 heteroatoms. The molecule has 112 valence electrons. The van der Waals surface area contributed by atoms with E-state index in [1.165, 1.54) is 5.56 Å². The molecule has 0 saturated carbocycles. The summed E-state index contributed by atoms with van der Waals surface area (Å²) >= 11 is 0. The highest BCUT2D eigenvalue weighted by Gasteiger charge is 2.08. The van der Waals surface area contributed by atoms with E-state index in [9.17, 15) is 0 Å². The topological polar surface area (TPSA) is 51.0 Å². The summed E-state index contributed by atoms with van der Waals surface area (Å²) < 4.78 is 5.29. The lowest BCUT2D eigenvalue weighted by Gasteiger charge is -2.07. The Morgan fingerprint density at radius 2 is 1.73 bits per heavy atom. The molecule has 0 aliphatic heterocycles. The summed E-state index contributed by atoms with van der Waals surface area (Å²) in [6.45, 7) is 4.91. The molecule has 0 unspecified atom stereocenters. The summed E-state index contributed by atoms with van der Waals surface area (Å²) in [5.74, 6) is 1.74. The molecule has 4 nitrogen and oxygen atoms in total. The van der Waals surface area contributed by atoms with Crippen LogP contribution in [0.5, 0.6) is 0 Å². The van der Waals surface area contributed by atoms with Crippen LogP contribution in [0.2, 0.25) is 0 Å². The van der Waals surface area contributed by atoms with Crippen LogP contribution >= 0.6 is 0 Å². The summed E-state index contributed by atoms with van der Waals surface area (Å²) in [5.41, 5.74) is 3.31. The van der Waals surface area contributed by atoms with E-state index in [2.05, 4.69) is 53.6 Å². The van der Waals surface area contributed by atoms with Crippen LogP contribution in [0.15, 0.2) is 59.1 Å². The number of anilines is 1. The minimum atomic E-state index is 0.539. The van der Waals surface area contributed by atoms with Crippen molar-refractivity contribution in [1.82, 2.24) is 10.1 Å². The fraction of sp³-hybridized carbons (Fsp3) is 0.222. The molecule has 0 aliphatic carbocycles. The molecule has 0 aliphatic rings. The van der Waals surface area contributed by atoms with Gasteiger partial charge in [-0.15, -0.1) is 0 Å². The standard InChI is InChI=1S/C18H19N3O/c1-13(2)14-8-10-16(11-9-14)19-12-17-20-18(22-21-17)15-6-4-3-5-7-15/h3-11,13,19H,12H2,1-2H3. The van der Waals surface area contributed by atoms with Gasteiger partial charge < -0.3 is 9.84 Å². The summed E-state index contributed by atoms with van der Waals surface area (Å²) in [6, 6.07) is 18.2. The molecule has 0 bridgehead atoms. The fourth-order valence-corrected chi connectivity index (χ4v) is 2.19. The van der Waals surface area contributed by atoms with Crippen molar-refractivity contribution < 1.29 is 4.52 Å². The predicted molar refractivity (Wildman–Crippen MR) is 87.6 cm³/mol. The average Bonchev–Trinajstić information content (AvgIpc) is 3.03.